The van der Waals surface area contributed by atoms with Gasteiger partial charge in [-0.1, -0.05) is 35.3 Å². The number of halogens is 7. The first-order valence-corrected chi connectivity index (χ1v) is 6.55. The molecule has 0 atom stereocenters. The van der Waals surface area contributed by atoms with Crippen LogP contribution in [0.1, 0.15) is 5.56 Å². The molecule has 118 valence electrons. The van der Waals surface area contributed by atoms with Crippen LogP contribution in [0.2, 0.25) is 10.0 Å². The Balaban J connectivity index is 2.52. The number of alkyl halides is 5. The Morgan fingerprint density at radius 1 is 0.864 bits per heavy atom. The second kappa shape index (κ2) is 6.30. The fraction of sp³-hybridized carbons (Fsp3) is 0.143. The van der Waals surface area contributed by atoms with Gasteiger partial charge in [0.15, 0.2) is 0 Å². The van der Waals surface area contributed by atoms with Gasteiger partial charge in [-0.05, 0) is 35.4 Å². The predicted octanol–water partition coefficient (Wildman–Crippen LogP) is 6.28. The van der Waals surface area contributed by atoms with Crippen LogP contribution in [0.4, 0.5) is 22.0 Å². The van der Waals surface area contributed by atoms with E-state index >= 15 is 0 Å². The summed E-state index contributed by atoms with van der Waals surface area (Å²) in [6, 6.07) is 7.07. The summed E-state index contributed by atoms with van der Waals surface area (Å²) in [5.74, 6) is -0.939. The molecule has 0 aliphatic rings. The second-order valence-corrected chi connectivity index (χ2v) is 5.03. The van der Waals surface area contributed by atoms with Gasteiger partial charge in [-0.25, -0.2) is 0 Å². The number of hydrogen-bond donors (Lipinski definition) is 0. The molecule has 0 aliphatic carbocycles. The molecule has 2 rings (SSSR count). The molecule has 0 saturated carbocycles. The van der Waals surface area contributed by atoms with Gasteiger partial charge in [0.1, 0.15) is 5.75 Å². The fourth-order valence-corrected chi connectivity index (χ4v) is 2.10. The lowest BCUT2D eigenvalue weighted by atomic mass is 10.0. The van der Waals surface area contributed by atoms with Crippen LogP contribution in [0.25, 0.3) is 11.1 Å². The van der Waals surface area contributed by atoms with Crippen molar-refractivity contribution < 1.29 is 26.7 Å². The van der Waals surface area contributed by atoms with Crippen molar-refractivity contribution in [1.29, 1.82) is 0 Å². The van der Waals surface area contributed by atoms with Crippen LogP contribution in [-0.2, 0) is 6.18 Å². The lowest BCUT2D eigenvalue weighted by molar-refractivity contribution is -0.141. The van der Waals surface area contributed by atoms with Gasteiger partial charge >= 0.3 is 12.8 Å². The van der Waals surface area contributed by atoms with Crippen LogP contribution in [0.15, 0.2) is 36.4 Å². The Bertz CT molecular complexity index is 685. The van der Waals surface area contributed by atoms with Gasteiger partial charge in [-0.15, -0.1) is 0 Å². The van der Waals surface area contributed by atoms with Crippen LogP contribution in [0.3, 0.4) is 0 Å². The van der Waals surface area contributed by atoms with E-state index in [4.69, 9.17) is 23.2 Å². The molecule has 0 amide bonds. The van der Waals surface area contributed by atoms with Crippen LogP contribution >= 0.6 is 23.2 Å². The first kappa shape index (κ1) is 16.8. The van der Waals surface area contributed by atoms with E-state index in [1.54, 1.807) is 0 Å². The third kappa shape index (κ3) is 3.81. The van der Waals surface area contributed by atoms with E-state index in [-0.39, 0.29) is 15.6 Å². The molecule has 0 N–H and O–H groups in total. The molecule has 0 heterocycles. The molecular weight excluding hydrogens is 350 g/mol. The van der Waals surface area contributed by atoms with E-state index in [0.717, 1.165) is 12.1 Å². The highest BCUT2D eigenvalue weighted by molar-refractivity contribution is 6.42. The quantitative estimate of drug-likeness (QED) is 0.588. The monoisotopic (exact) mass is 356 g/mol. The topological polar surface area (TPSA) is 9.23 Å². The van der Waals surface area contributed by atoms with Gasteiger partial charge in [0, 0.05) is 0 Å². The molecule has 0 aliphatic heterocycles. The highest BCUT2D eigenvalue weighted by atomic mass is 35.5. The normalized spacial score (nSPS) is 11.8. The van der Waals surface area contributed by atoms with E-state index in [1.165, 1.54) is 24.3 Å². The highest BCUT2D eigenvalue weighted by Gasteiger charge is 2.35. The van der Waals surface area contributed by atoms with E-state index in [1.807, 2.05) is 0 Å². The van der Waals surface area contributed by atoms with Crippen molar-refractivity contribution in [2.75, 3.05) is 0 Å². The van der Waals surface area contributed by atoms with E-state index in [0.29, 0.717) is 5.56 Å². The molecule has 0 spiro atoms. The van der Waals surface area contributed by atoms with Crippen molar-refractivity contribution >= 4 is 23.2 Å². The lowest BCUT2D eigenvalue weighted by Crippen LogP contribution is -2.11. The van der Waals surface area contributed by atoms with Crippen LogP contribution < -0.4 is 4.74 Å². The van der Waals surface area contributed by atoms with Crippen LogP contribution in [0.5, 0.6) is 5.75 Å². The SMILES string of the molecule is FC(F)Oc1ccc(-c2ccc(Cl)c(Cl)c2)cc1C(F)(F)F. The minimum atomic E-state index is -4.84. The van der Waals surface area contributed by atoms with E-state index in [2.05, 4.69) is 4.74 Å². The summed E-state index contributed by atoms with van der Waals surface area (Å²) < 4.78 is 67.2. The maximum atomic E-state index is 13.0. The average molecular weight is 357 g/mol. The van der Waals surface area contributed by atoms with Crippen LogP contribution in [-0.4, -0.2) is 6.61 Å². The minimum absolute atomic E-state index is 0.146. The summed E-state index contributed by atoms with van der Waals surface area (Å²) in [6.07, 6.45) is -4.84. The molecule has 8 heteroatoms. The number of hydrogen-bond acceptors (Lipinski definition) is 1. The van der Waals surface area contributed by atoms with Crippen molar-refractivity contribution in [3.8, 4) is 16.9 Å². The zero-order valence-electron chi connectivity index (χ0n) is 10.6. The summed E-state index contributed by atoms with van der Waals surface area (Å²) in [6.45, 7) is -3.35. The first-order valence-electron chi connectivity index (χ1n) is 5.80. The third-order valence-corrected chi connectivity index (χ3v) is 3.49. The highest BCUT2D eigenvalue weighted by Crippen LogP contribution is 2.40. The predicted molar refractivity (Wildman–Crippen MR) is 73.5 cm³/mol. The van der Waals surface area contributed by atoms with Gasteiger partial charge in [0.2, 0.25) is 0 Å². The smallest absolute Gasteiger partial charge is 0.419 e. The molecule has 1 nitrogen and oxygen atoms in total. The average Bonchev–Trinajstić information content (AvgIpc) is 2.40. The second-order valence-electron chi connectivity index (χ2n) is 4.22. The van der Waals surface area contributed by atoms with Crippen molar-refractivity contribution in [1.82, 2.24) is 0 Å². The number of rotatable bonds is 3. The summed E-state index contributed by atoms with van der Waals surface area (Å²) in [5.41, 5.74) is -0.785. The molecule has 0 saturated heterocycles. The fourth-order valence-electron chi connectivity index (χ4n) is 1.81. The van der Waals surface area contributed by atoms with Gasteiger partial charge in [0.25, 0.3) is 0 Å². The minimum Gasteiger partial charge on any atom is -0.434 e. The molecule has 2 aromatic carbocycles. The molecule has 0 aromatic heterocycles. The number of ether oxygens (including phenoxy) is 1. The summed E-state index contributed by atoms with van der Waals surface area (Å²) >= 11 is 11.6. The maximum absolute atomic E-state index is 13.0. The van der Waals surface area contributed by atoms with Crippen molar-refractivity contribution in [3.63, 3.8) is 0 Å². The summed E-state index contributed by atoms with van der Waals surface area (Å²) in [5, 5.41) is 0.416. The van der Waals surface area contributed by atoms with Gasteiger partial charge in [0.05, 0.1) is 15.6 Å². The standard InChI is InChI=1S/C14H7Cl2F5O/c15-10-3-1-8(6-11(10)16)7-2-4-12(22-13(17)18)9(5-7)14(19,20)21/h1-6,13H. The van der Waals surface area contributed by atoms with Crippen molar-refractivity contribution in [2.24, 2.45) is 0 Å². The molecule has 22 heavy (non-hydrogen) atoms. The van der Waals surface area contributed by atoms with Crippen molar-refractivity contribution in [2.45, 2.75) is 12.8 Å². The Labute approximate surface area is 132 Å². The van der Waals surface area contributed by atoms with Gasteiger partial charge in [-0.3, -0.25) is 0 Å². The van der Waals surface area contributed by atoms with E-state index < -0.39 is 24.1 Å². The number of benzene rings is 2. The molecule has 0 unspecified atom stereocenters. The molecule has 2 aromatic rings. The van der Waals surface area contributed by atoms with E-state index in [9.17, 15) is 22.0 Å². The Morgan fingerprint density at radius 3 is 2.00 bits per heavy atom. The van der Waals surface area contributed by atoms with Gasteiger partial charge < -0.3 is 4.74 Å². The third-order valence-electron chi connectivity index (χ3n) is 2.75. The Hall–Kier alpha value is -1.53. The first-order chi connectivity index (χ1) is 10.2. The molecule has 0 bridgehead atoms. The molecule has 0 radical (unpaired) electrons. The zero-order valence-corrected chi connectivity index (χ0v) is 12.1. The van der Waals surface area contributed by atoms with Crippen molar-refractivity contribution in [3.05, 3.63) is 52.0 Å². The Morgan fingerprint density at radius 2 is 1.45 bits per heavy atom. The molecular formula is C14H7Cl2F5O. The largest absolute Gasteiger partial charge is 0.434 e. The molecule has 0 fully saturated rings. The summed E-state index contributed by atoms with van der Waals surface area (Å²) in [4.78, 5) is 0. The lowest BCUT2D eigenvalue weighted by Gasteiger charge is -2.15. The zero-order chi connectivity index (χ0) is 16.5. The Kier molecular flexibility index (Phi) is 4.82. The van der Waals surface area contributed by atoms with Crippen LogP contribution in [0, 0.1) is 0 Å². The maximum Gasteiger partial charge on any atom is 0.419 e. The summed E-state index contributed by atoms with van der Waals surface area (Å²) in [7, 11) is 0. The van der Waals surface area contributed by atoms with Gasteiger partial charge in [-0.2, -0.15) is 22.0 Å².